The van der Waals surface area contributed by atoms with Crippen molar-refractivity contribution in [2.24, 2.45) is 5.41 Å². The minimum Gasteiger partial charge on any atom is -0.396 e. The lowest BCUT2D eigenvalue weighted by Crippen LogP contribution is -2.35. The Morgan fingerprint density at radius 2 is 2.05 bits per heavy atom. The smallest absolute Gasteiger partial charge is 0.306 e. The van der Waals surface area contributed by atoms with Crippen molar-refractivity contribution in [2.45, 2.75) is 32.1 Å². The number of hydrogen-bond donors (Lipinski definition) is 2. The number of anilines is 1. The molecule has 5 nitrogen and oxygen atoms in total. The van der Waals surface area contributed by atoms with Gasteiger partial charge in [0.2, 0.25) is 5.82 Å². The summed E-state index contributed by atoms with van der Waals surface area (Å²) in [5.74, 6) is -0.838. The number of hydrogen-bond acceptors (Lipinski definition) is 4. The van der Waals surface area contributed by atoms with E-state index in [1.54, 1.807) is 0 Å². The molecule has 0 heterocycles. The van der Waals surface area contributed by atoms with E-state index in [9.17, 15) is 19.6 Å². The number of halogens is 1. The van der Waals surface area contributed by atoms with Crippen molar-refractivity contribution in [2.75, 3.05) is 18.5 Å². The molecule has 0 aliphatic heterocycles. The summed E-state index contributed by atoms with van der Waals surface area (Å²) in [5, 5.41) is 23.4. The predicted molar refractivity (Wildman–Crippen MR) is 74.1 cm³/mol. The van der Waals surface area contributed by atoms with Crippen molar-refractivity contribution in [3.8, 4) is 0 Å². The number of nitro benzene ring substituents is 1. The molecule has 2 N–H and O–H groups in total. The zero-order valence-electron chi connectivity index (χ0n) is 11.3. The first-order valence-electron chi connectivity index (χ1n) is 6.85. The van der Waals surface area contributed by atoms with Crippen LogP contribution in [0.1, 0.15) is 32.1 Å². The highest BCUT2D eigenvalue weighted by atomic mass is 19.1. The summed E-state index contributed by atoms with van der Waals surface area (Å²) in [5.41, 5.74) is -0.185. The van der Waals surface area contributed by atoms with Crippen LogP contribution in [0.3, 0.4) is 0 Å². The zero-order chi connectivity index (χ0) is 14.6. The van der Waals surface area contributed by atoms with Crippen molar-refractivity contribution in [3.63, 3.8) is 0 Å². The summed E-state index contributed by atoms with van der Waals surface area (Å²) in [6, 6.07) is 3.77. The first-order chi connectivity index (χ1) is 9.56. The van der Waals surface area contributed by atoms with E-state index in [2.05, 4.69) is 5.32 Å². The van der Waals surface area contributed by atoms with E-state index in [4.69, 9.17) is 0 Å². The fraction of sp³-hybridized carbons (Fsp3) is 0.571. The summed E-state index contributed by atoms with van der Waals surface area (Å²) >= 11 is 0. The maximum atomic E-state index is 13.2. The Morgan fingerprint density at radius 1 is 1.35 bits per heavy atom. The molecule has 6 heteroatoms. The lowest BCUT2D eigenvalue weighted by Gasteiger charge is -2.36. The van der Waals surface area contributed by atoms with Gasteiger partial charge in [0.15, 0.2) is 0 Å². The molecule has 0 bridgehead atoms. The van der Waals surface area contributed by atoms with Gasteiger partial charge in [-0.05, 0) is 25.0 Å². The van der Waals surface area contributed by atoms with Gasteiger partial charge >= 0.3 is 5.69 Å². The Balaban J connectivity index is 2.06. The van der Waals surface area contributed by atoms with Gasteiger partial charge in [0, 0.05) is 23.7 Å². The predicted octanol–water partition coefficient (Wildman–Crippen LogP) is 3.09. The third kappa shape index (κ3) is 3.25. The molecule has 0 aromatic heterocycles. The van der Waals surface area contributed by atoms with E-state index >= 15 is 0 Å². The lowest BCUT2D eigenvalue weighted by atomic mass is 9.74. The molecular formula is C14H19FN2O3. The summed E-state index contributed by atoms with van der Waals surface area (Å²) in [6.07, 6.45) is 5.25. The Bertz CT molecular complexity index is 487. The van der Waals surface area contributed by atoms with Crippen LogP contribution in [0.15, 0.2) is 18.2 Å². The van der Waals surface area contributed by atoms with Crippen molar-refractivity contribution >= 4 is 11.4 Å². The molecular weight excluding hydrogens is 263 g/mol. The van der Waals surface area contributed by atoms with Gasteiger partial charge in [-0.15, -0.1) is 0 Å². The highest BCUT2D eigenvalue weighted by Crippen LogP contribution is 2.36. The van der Waals surface area contributed by atoms with Crippen LogP contribution in [0.5, 0.6) is 0 Å². The van der Waals surface area contributed by atoms with Gasteiger partial charge in [-0.1, -0.05) is 19.3 Å². The lowest BCUT2D eigenvalue weighted by molar-refractivity contribution is -0.387. The van der Waals surface area contributed by atoms with Gasteiger partial charge in [0.05, 0.1) is 11.5 Å². The van der Waals surface area contributed by atoms with E-state index in [0.29, 0.717) is 12.2 Å². The van der Waals surface area contributed by atoms with Gasteiger partial charge in [-0.2, -0.15) is 4.39 Å². The topological polar surface area (TPSA) is 75.4 Å². The Morgan fingerprint density at radius 3 is 2.65 bits per heavy atom. The molecule has 2 rings (SSSR count). The molecule has 0 saturated heterocycles. The second-order valence-electron chi connectivity index (χ2n) is 5.50. The van der Waals surface area contributed by atoms with E-state index in [1.807, 2.05) is 0 Å². The first kappa shape index (κ1) is 14.7. The number of rotatable bonds is 5. The number of nitrogens with zero attached hydrogens (tertiary/aromatic N) is 1. The molecule has 0 atom stereocenters. The fourth-order valence-electron chi connectivity index (χ4n) is 2.74. The quantitative estimate of drug-likeness (QED) is 0.642. The molecule has 110 valence electrons. The average molecular weight is 282 g/mol. The monoisotopic (exact) mass is 282 g/mol. The minimum absolute atomic E-state index is 0.100. The SMILES string of the molecule is O=[N+]([O-])c1cc(NCC2(CO)CCCCC2)ccc1F. The van der Waals surface area contributed by atoms with E-state index in [1.165, 1.54) is 18.6 Å². The van der Waals surface area contributed by atoms with Gasteiger partial charge in [0.25, 0.3) is 0 Å². The number of nitrogens with one attached hydrogen (secondary N) is 1. The van der Waals surface area contributed by atoms with E-state index < -0.39 is 16.4 Å². The normalized spacial score (nSPS) is 17.7. The Labute approximate surface area is 117 Å². The molecule has 0 radical (unpaired) electrons. The molecule has 0 spiro atoms. The number of aliphatic hydroxyl groups excluding tert-OH is 1. The largest absolute Gasteiger partial charge is 0.396 e. The second kappa shape index (κ2) is 6.17. The highest BCUT2D eigenvalue weighted by molar-refractivity contribution is 5.51. The second-order valence-corrected chi connectivity index (χ2v) is 5.50. The standard InChI is InChI=1S/C14H19FN2O3/c15-12-5-4-11(8-13(12)17(19)20)16-9-14(10-18)6-2-1-3-7-14/h4-5,8,16,18H,1-3,6-7,9-10H2. The maximum Gasteiger partial charge on any atom is 0.306 e. The van der Waals surface area contributed by atoms with Crippen LogP contribution in [-0.4, -0.2) is 23.2 Å². The van der Waals surface area contributed by atoms with E-state index in [0.717, 1.165) is 31.7 Å². The van der Waals surface area contributed by atoms with Crippen LogP contribution >= 0.6 is 0 Å². The molecule has 1 saturated carbocycles. The molecule has 1 fully saturated rings. The summed E-state index contributed by atoms with van der Waals surface area (Å²) in [4.78, 5) is 9.96. The summed E-state index contributed by atoms with van der Waals surface area (Å²) in [7, 11) is 0. The van der Waals surface area contributed by atoms with Crippen LogP contribution in [0.2, 0.25) is 0 Å². The van der Waals surface area contributed by atoms with Crippen LogP contribution < -0.4 is 5.32 Å². The van der Waals surface area contributed by atoms with Crippen molar-refractivity contribution < 1.29 is 14.4 Å². The van der Waals surface area contributed by atoms with Gasteiger partial charge < -0.3 is 10.4 Å². The van der Waals surface area contributed by atoms with Gasteiger partial charge in [-0.25, -0.2) is 0 Å². The molecule has 1 aromatic rings. The third-order valence-electron chi connectivity index (χ3n) is 4.06. The molecule has 20 heavy (non-hydrogen) atoms. The molecule has 1 aliphatic carbocycles. The van der Waals surface area contributed by atoms with Crippen LogP contribution in [0.4, 0.5) is 15.8 Å². The number of benzene rings is 1. The molecule has 0 unspecified atom stereocenters. The van der Waals surface area contributed by atoms with Crippen LogP contribution in [0, 0.1) is 21.3 Å². The minimum atomic E-state index is -0.838. The van der Waals surface area contributed by atoms with Crippen LogP contribution in [0.25, 0.3) is 0 Å². The third-order valence-corrected chi connectivity index (χ3v) is 4.06. The summed E-state index contributed by atoms with van der Waals surface area (Å²) in [6.45, 7) is 0.648. The summed E-state index contributed by atoms with van der Waals surface area (Å²) < 4.78 is 13.2. The fourth-order valence-corrected chi connectivity index (χ4v) is 2.74. The molecule has 0 amide bonds. The maximum absolute atomic E-state index is 13.2. The van der Waals surface area contributed by atoms with Gasteiger partial charge in [-0.3, -0.25) is 10.1 Å². The molecule has 1 aliphatic rings. The Hall–Kier alpha value is -1.69. The van der Waals surface area contributed by atoms with Crippen molar-refractivity contribution in [1.82, 2.24) is 0 Å². The van der Waals surface area contributed by atoms with Crippen LogP contribution in [-0.2, 0) is 0 Å². The number of nitro groups is 1. The average Bonchev–Trinajstić information content (AvgIpc) is 2.47. The Kier molecular flexibility index (Phi) is 4.54. The molecule has 1 aromatic carbocycles. The van der Waals surface area contributed by atoms with Crippen molar-refractivity contribution in [3.05, 3.63) is 34.1 Å². The first-order valence-corrected chi connectivity index (χ1v) is 6.85. The van der Waals surface area contributed by atoms with Crippen molar-refractivity contribution in [1.29, 1.82) is 0 Å². The highest BCUT2D eigenvalue weighted by Gasteiger charge is 2.31. The van der Waals surface area contributed by atoms with Gasteiger partial charge in [0.1, 0.15) is 0 Å². The zero-order valence-corrected chi connectivity index (χ0v) is 11.3. The van der Waals surface area contributed by atoms with E-state index in [-0.39, 0.29) is 12.0 Å². The number of aliphatic hydroxyl groups is 1.